The van der Waals surface area contributed by atoms with Crippen LogP contribution in [-0.4, -0.2) is 50.0 Å². The number of rotatable bonds is 12. The van der Waals surface area contributed by atoms with Crippen LogP contribution in [0.3, 0.4) is 0 Å². The molecule has 3 aromatic carbocycles. The lowest BCUT2D eigenvalue weighted by Gasteiger charge is -2.34. The van der Waals surface area contributed by atoms with E-state index in [4.69, 9.17) is 0 Å². The van der Waals surface area contributed by atoms with Gasteiger partial charge >= 0.3 is 0 Å². The third-order valence-electron chi connectivity index (χ3n) is 6.74. The molecule has 10 heteroatoms. The molecule has 0 bridgehead atoms. The topological polar surface area (TPSA) is 86.8 Å². The van der Waals surface area contributed by atoms with E-state index in [0.717, 1.165) is 45.5 Å². The van der Waals surface area contributed by atoms with Crippen molar-refractivity contribution < 1.29 is 26.8 Å². The quantitative estimate of drug-likeness (QED) is 0.345. The van der Waals surface area contributed by atoms with Gasteiger partial charge in [0.1, 0.15) is 12.6 Å². The average Bonchev–Trinajstić information content (AvgIpc) is 2.91. The Bertz CT molecular complexity index is 1430. The van der Waals surface area contributed by atoms with Crippen LogP contribution in [0.25, 0.3) is 0 Å². The van der Waals surface area contributed by atoms with Gasteiger partial charge in [0.25, 0.3) is 0 Å². The third-order valence-corrected chi connectivity index (χ3v) is 7.89. The molecule has 3 rings (SSSR count). The zero-order chi connectivity index (χ0) is 29.4. The Morgan fingerprint density at radius 2 is 1.60 bits per heavy atom. The maximum absolute atomic E-state index is 14.0. The number of carbonyl (C=O) groups is 2. The summed E-state index contributed by atoms with van der Waals surface area (Å²) in [6, 6.07) is 18.1. The van der Waals surface area contributed by atoms with Gasteiger partial charge in [-0.2, -0.15) is 0 Å². The van der Waals surface area contributed by atoms with E-state index in [1.165, 1.54) is 4.90 Å². The standard InChI is InChI=1S/C30H35F2N3O4S/c1-5-22(3)33-30(37)28(17-23-12-7-6-8-13-23)34(19-24-14-10-9-11-21(24)2)29(36)20-35(40(4,38)39)25-15-16-26(31)27(32)18-25/h6-16,18,22,28H,5,17,19-20H2,1-4H3,(H,33,37)/t22-,28-/m1/s1. The first-order valence-electron chi connectivity index (χ1n) is 13.0. The number of hydrogen-bond acceptors (Lipinski definition) is 4. The summed E-state index contributed by atoms with van der Waals surface area (Å²) in [5.41, 5.74) is 2.29. The molecule has 0 fully saturated rings. The lowest BCUT2D eigenvalue weighted by atomic mass is 10.0. The summed E-state index contributed by atoms with van der Waals surface area (Å²) in [4.78, 5) is 29.0. The smallest absolute Gasteiger partial charge is 0.244 e. The Kier molecular flexibility index (Phi) is 10.4. The molecular weight excluding hydrogens is 536 g/mol. The predicted octanol–water partition coefficient (Wildman–Crippen LogP) is 4.59. The number of sulfonamides is 1. The summed E-state index contributed by atoms with van der Waals surface area (Å²) in [5.74, 6) is -3.43. The monoisotopic (exact) mass is 571 g/mol. The van der Waals surface area contributed by atoms with Gasteiger partial charge in [0.15, 0.2) is 11.6 Å². The maximum Gasteiger partial charge on any atom is 0.244 e. The van der Waals surface area contributed by atoms with E-state index < -0.39 is 40.2 Å². The summed E-state index contributed by atoms with van der Waals surface area (Å²) in [7, 11) is -4.09. The first-order chi connectivity index (χ1) is 18.9. The normalized spacial score (nSPS) is 12.8. The van der Waals surface area contributed by atoms with Crippen LogP contribution >= 0.6 is 0 Å². The molecule has 0 saturated carbocycles. The number of hydrogen-bond donors (Lipinski definition) is 1. The molecule has 214 valence electrons. The average molecular weight is 572 g/mol. The van der Waals surface area contributed by atoms with Crippen LogP contribution in [-0.2, 0) is 32.6 Å². The fraction of sp³-hybridized carbons (Fsp3) is 0.333. The van der Waals surface area contributed by atoms with Crippen LogP contribution in [0.4, 0.5) is 14.5 Å². The van der Waals surface area contributed by atoms with Crippen molar-refractivity contribution in [2.45, 2.75) is 52.2 Å². The fourth-order valence-electron chi connectivity index (χ4n) is 4.22. The maximum atomic E-state index is 14.0. The SMILES string of the molecule is CC[C@@H](C)NC(=O)[C@@H](Cc1ccccc1)N(Cc1ccccc1C)C(=O)CN(c1ccc(F)c(F)c1)S(C)(=O)=O. The minimum atomic E-state index is -4.09. The first-order valence-corrected chi connectivity index (χ1v) is 14.9. The molecule has 0 heterocycles. The van der Waals surface area contributed by atoms with Crippen molar-refractivity contribution in [3.63, 3.8) is 0 Å². The van der Waals surface area contributed by atoms with Crippen molar-refractivity contribution >= 4 is 27.5 Å². The Balaban J connectivity index is 2.08. The highest BCUT2D eigenvalue weighted by Crippen LogP contribution is 2.23. The van der Waals surface area contributed by atoms with Crippen LogP contribution in [0.1, 0.15) is 37.0 Å². The summed E-state index contributed by atoms with van der Waals surface area (Å²) in [6.45, 7) is 5.00. The second-order valence-corrected chi connectivity index (χ2v) is 11.7. The van der Waals surface area contributed by atoms with E-state index in [9.17, 15) is 26.8 Å². The minimum absolute atomic E-state index is 0.0340. The summed E-state index contributed by atoms with van der Waals surface area (Å²) in [6.07, 6.45) is 1.74. The van der Waals surface area contributed by atoms with E-state index in [2.05, 4.69) is 5.32 Å². The van der Waals surface area contributed by atoms with Crippen molar-refractivity contribution in [2.24, 2.45) is 0 Å². The van der Waals surface area contributed by atoms with Gasteiger partial charge in [0.2, 0.25) is 21.8 Å². The molecule has 0 unspecified atom stereocenters. The summed E-state index contributed by atoms with van der Waals surface area (Å²) < 4.78 is 53.8. The fourth-order valence-corrected chi connectivity index (χ4v) is 5.06. The molecule has 2 amide bonds. The Hall–Kier alpha value is -3.79. The van der Waals surface area contributed by atoms with Gasteiger partial charge < -0.3 is 10.2 Å². The van der Waals surface area contributed by atoms with Crippen LogP contribution < -0.4 is 9.62 Å². The molecule has 2 atom stereocenters. The third kappa shape index (κ3) is 8.11. The molecule has 0 aromatic heterocycles. The van der Waals surface area contributed by atoms with Crippen molar-refractivity contribution in [2.75, 3.05) is 17.1 Å². The van der Waals surface area contributed by atoms with Gasteiger partial charge in [-0.25, -0.2) is 17.2 Å². The zero-order valence-electron chi connectivity index (χ0n) is 23.1. The molecule has 0 spiro atoms. The zero-order valence-corrected chi connectivity index (χ0v) is 23.9. The van der Waals surface area contributed by atoms with E-state index in [1.807, 2.05) is 75.4 Å². The van der Waals surface area contributed by atoms with Crippen molar-refractivity contribution in [3.8, 4) is 0 Å². The number of nitrogens with zero attached hydrogens (tertiary/aromatic N) is 2. The van der Waals surface area contributed by atoms with Crippen LogP contribution in [0, 0.1) is 18.6 Å². The molecule has 1 N–H and O–H groups in total. The van der Waals surface area contributed by atoms with Crippen LogP contribution in [0.5, 0.6) is 0 Å². The molecule has 0 radical (unpaired) electrons. The summed E-state index contributed by atoms with van der Waals surface area (Å²) >= 11 is 0. The highest BCUT2D eigenvalue weighted by Gasteiger charge is 2.33. The highest BCUT2D eigenvalue weighted by molar-refractivity contribution is 7.92. The number of anilines is 1. The first kappa shape index (κ1) is 30.7. The highest BCUT2D eigenvalue weighted by atomic mass is 32.2. The van der Waals surface area contributed by atoms with Gasteiger partial charge in [0, 0.05) is 25.1 Å². The lowest BCUT2D eigenvalue weighted by molar-refractivity contribution is -0.140. The Labute approximate surface area is 234 Å². The lowest BCUT2D eigenvalue weighted by Crippen LogP contribution is -2.54. The van der Waals surface area contributed by atoms with E-state index >= 15 is 0 Å². The van der Waals surface area contributed by atoms with Gasteiger partial charge in [-0.1, -0.05) is 61.5 Å². The van der Waals surface area contributed by atoms with Crippen LogP contribution in [0.2, 0.25) is 0 Å². The number of carbonyl (C=O) groups excluding carboxylic acids is 2. The number of nitrogens with one attached hydrogen (secondary N) is 1. The molecule has 0 aliphatic heterocycles. The van der Waals surface area contributed by atoms with Gasteiger partial charge in [-0.05, 0) is 49.1 Å². The molecule has 3 aromatic rings. The number of benzene rings is 3. The summed E-state index contributed by atoms with van der Waals surface area (Å²) in [5, 5.41) is 2.96. The Morgan fingerprint density at radius 1 is 0.950 bits per heavy atom. The molecule has 7 nitrogen and oxygen atoms in total. The minimum Gasteiger partial charge on any atom is -0.352 e. The van der Waals surface area contributed by atoms with Crippen molar-refractivity contribution in [3.05, 3.63) is 101 Å². The largest absolute Gasteiger partial charge is 0.352 e. The predicted molar refractivity (Wildman–Crippen MR) is 152 cm³/mol. The molecule has 0 aliphatic carbocycles. The van der Waals surface area contributed by atoms with Gasteiger partial charge in [0.05, 0.1) is 11.9 Å². The molecule has 0 saturated heterocycles. The molecule has 40 heavy (non-hydrogen) atoms. The van der Waals surface area contributed by atoms with E-state index in [0.29, 0.717) is 6.42 Å². The second-order valence-electron chi connectivity index (χ2n) is 9.84. The Morgan fingerprint density at radius 3 is 2.20 bits per heavy atom. The van der Waals surface area contributed by atoms with Crippen molar-refractivity contribution in [1.29, 1.82) is 0 Å². The van der Waals surface area contributed by atoms with Crippen LogP contribution in [0.15, 0.2) is 72.8 Å². The van der Waals surface area contributed by atoms with Gasteiger partial charge in [-0.3, -0.25) is 13.9 Å². The van der Waals surface area contributed by atoms with E-state index in [-0.39, 0.29) is 30.6 Å². The van der Waals surface area contributed by atoms with Crippen molar-refractivity contribution in [1.82, 2.24) is 10.2 Å². The van der Waals surface area contributed by atoms with Gasteiger partial charge in [-0.15, -0.1) is 0 Å². The van der Waals surface area contributed by atoms with E-state index in [1.54, 1.807) is 0 Å². The second kappa shape index (κ2) is 13.5. The number of aryl methyl sites for hydroxylation is 1. The molecular formula is C30H35F2N3O4S. The number of halogens is 2. The molecule has 0 aliphatic rings. The number of amides is 2.